The van der Waals surface area contributed by atoms with Crippen molar-refractivity contribution in [2.45, 2.75) is 20.4 Å². The molecule has 0 aliphatic rings. The quantitative estimate of drug-likeness (QED) is 0.859. The van der Waals surface area contributed by atoms with Gasteiger partial charge in [-0.15, -0.1) is 0 Å². The Labute approximate surface area is 101 Å². The summed E-state index contributed by atoms with van der Waals surface area (Å²) < 4.78 is 7.44. The SMILES string of the molecule is CCOc1ccc(Nc2nccn2CC)cc1. The summed E-state index contributed by atoms with van der Waals surface area (Å²) in [6, 6.07) is 7.87. The van der Waals surface area contributed by atoms with Crippen molar-refractivity contribution in [1.82, 2.24) is 9.55 Å². The fourth-order valence-electron chi connectivity index (χ4n) is 1.62. The van der Waals surface area contributed by atoms with Crippen LogP contribution in [0, 0.1) is 0 Å². The van der Waals surface area contributed by atoms with Gasteiger partial charge >= 0.3 is 0 Å². The van der Waals surface area contributed by atoms with Gasteiger partial charge in [0.05, 0.1) is 6.61 Å². The van der Waals surface area contributed by atoms with Crippen LogP contribution >= 0.6 is 0 Å². The zero-order chi connectivity index (χ0) is 12.1. The van der Waals surface area contributed by atoms with Crippen LogP contribution in [0.25, 0.3) is 0 Å². The molecule has 17 heavy (non-hydrogen) atoms. The molecule has 0 aliphatic heterocycles. The highest BCUT2D eigenvalue weighted by Gasteiger charge is 2.01. The number of hydrogen-bond donors (Lipinski definition) is 1. The molecule has 0 saturated heterocycles. The zero-order valence-electron chi connectivity index (χ0n) is 10.2. The van der Waals surface area contributed by atoms with Crippen LogP contribution in [0.2, 0.25) is 0 Å². The van der Waals surface area contributed by atoms with E-state index in [0.29, 0.717) is 6.61 Å². The lowest BCUT2D eigenvalue weighted by Gasteiger charge is -2.08. The third kappa shape index (κ3) is 2.78. The molecular weight excluding hydrogens is 214 g/mol. The molecule has 2 rings (SSSR count). The summed E-state index contributed by atoms with van der Waals surface area (Å²) in [7, 11) is 0. The molecule has 1 aromatic carbocycles. The van der Waals surface area contributed by atoms with Crippen LogP contribution in [0.3, 0.4) is 0 Å². The number of aryl methyl sites for hydroxylation is 1. The van der Waals surface area contributed by atoms with Gasteiger partial charge in [-0.3, -0.25) is 0 Å². The standard InChI is InChI=1S/C13H17N3O/c1-3-16-10-9-14-13(16)15-11-5-7-12(8-6-11)17-4-2/h5-10H,3-4H2,1-2H3,(H,14,15). The highest BCUT2D eigenvalue weighted by atomic mass is 16.5. The van der Waals surface area contributed by atoms with Crippen molar-refractivity contribution in [2.24, 2.45) is 0 Å². The highest BCUT2D eigenvalue weighted by Crippen LogP contribution is 2.19. The van der Waals surface area contributed by atoms with Crippen LogP contribution in [0.15, 0.2) is 36.7 Å². The van der Waals surface area contributed by atoms with Crippen LogP contribution in [0.4, 0.5) is 11.6 Å². The van der Waals surface area contributed by atoms with E-state index in [4.69, 9.17) is 4.74 Å². The van der Waals surface area contributed by atoms with E-state index in [-0.39, 0.29) is 0 Å². The van der Waals surface area contributed by atoms with Gasteiger partial charge in [-0.25, -0.2) is 4.98 Å². The van der Waals surface area contributed by atoms with Gasteiger partial charge in [-0.2, -0.15) is 0 Å². The van der Waals surface area contributed by atoms with E-state index in [1.165, 1.54) is 0 Å². The fraction of sp³-hybridized carbons (Fsp3) is 0.308. The van der Waals surface area contributed by atoms with E-state index in [1.54, 1.807) is 6.20 Å². The first-order chi connectivity index (χ1) is 8.33. The van der Waals surface area contributed by atoms with Gasteiger partial charge in [-0.05, 0) is 38.1 Å². The first kappa shape index (κ1) is 11.5. The molecule has 4 nitrogen and oxygen atoms in total. The Morgan fingerprint density at radius 2 is 2.00 bits per heavy atom. The minimum absolute atomic E-state index is 0.688. The van der Waals surface area contributed by atoms with Crippen LogP contribution in [0.5, 0.6) is 5.75 Å². The number of benzene rings is 1. The molecule has 0 saturated carbocycles. The van der Waals surface area contributed by atoms with E-state index >= 15 is 0 Å². The van der Waals surface area contributed by atoms with E-state index in [1.807, 2.05) is 37.4 Å². The van der Waals surface area contributed by atoms with Gasteiger partial charge in [0, 0.05) is 24.6 Å². The van der Waals surface area contributed by atoms with Crippen LogP contribution in [-0.2, 0) is 6.54 Å². The molecule has 0 aliphatic carbocycles. The molecule has 1 N–H and O–H groups in total. The first-order valence-corrected chi connectivity index (χ1v) is 5.84. The normalized spacial score (nSPS) is 10.2. The van der Waals surface area contributed by atoms with E-state index in [0.717, 1.165) is 23.9 Å². The summed E-state index contributed by atoms with van der Waals surface area (Å²) in [6.07, 6.45) is 3.75. The Morgan fingerprint density at radius 1 is 1.24 bits per heavy atom. The summed E-state index contributed by atoms with van der Waals surface area (Å²) in [5, 5.41) is 3.27. The number of ether oxygens (including phenoxy) is 1. The summed E-state index contributed by atoms with van der Waals surface area (Å²) in [4.78, 5) is 4.26. The molecule has 0 fully saturated rings. The number of hydrogen-bond acceptors (Lipinski definition) is 3. The van der Waals surface area contributed by atoms with Crippen LogP contribution in [-0.4, -0.2) is 16.2 Å². The highest BCUT2D eigenvalue weighted by molar-refractivity contribution is 5.54. The predicted octanol–water partition coefficient (Wildman–Crippen LogP) is 3.05. The van der Waals surface area contributed by atoms with Crippen molar-refractivity contribution in [3.8, 4) is 5.75 Å². The van der Waals surface area contributed by atoms with E-state index in [2.05, 4.69) is 21.8 Å². The smallest absolute Gasteiger partial charge is 0.207 e. The minimum atomic E-state index is 0.688. The molecule has 0 unspecified atom stereocenters. The Morgan fingerprint density at radius 3 is 2.65 bits per heavy atom. The third-order valence-electron chi connectivity index (χ3n) is 2.48. The molecule has 0 spiro atoms. The largest absolute Gasteiger partial charge is 0.494 e. The van der Waals surface area contributed by atoms with Crippen molar-refractivity contribution >= 4 is 11.6 Å². The van der Waals surface area contributed by atoms with Crippen LogP contribution < -0.4 is 10.1 Å². The monoisotopic (exact) mass is 231 g/mol. The minimum Gasteiger partial charge on any atom is -0.494 e. The van der Waals surface area contributed by atoms with Gasteiger partial charge < -0.3 is 14.6 Å². The molecule has 2 aromatic rings. The maximum absolute atomic E-state index is 5.39. The summed E-state index contributed by atoms with van der Waals surface area (Å²) in [5.41, 5.74) is 1.01. The topological polar surface area (TPSA) is 39.1 Å². The molecule has 4 heteroatoms. The van der Waals surface area contributed by atoms with Crippen molar-refractivity contribution < 1.29 is 4.74 Å². The molecular formula is C13H17N3O. The van der Waals surface area contributed by atoms with Gasteiger partial charge in [-0.1, -0.05) is 0 Å². The van der Waals surface area contributed by atoms with Crippen molar-refractivity contribution in [2.75, 3.05) is 11.9 Å². The third-order valence-corrected chi connectivity index (χ3v) is 2.48. The number of anilines is 2. The predicted molar refractivity (Wildman–Crippen MR) is 68.8 cm³/mol. The molecule has 1 aromatic heterocycles. The molecule has 0 radical (unpaired) electrons. The Hall–Kier alpha value is -1.97. The molecule has 0 atom stereocenters. The summed E-state index contributed by atoms with van der Waals surface area (Å²) in [5.74, 6) is 1.74. The Balaban J connectivity index is 2.08. The summed E-state index contributed by atoms with van der Waals surface area (Å²) in [6.45, 7) is 5.65. The lowest BCUT2D eigenvalue weighted by molar-refractivity contribution is 0.340. The van der Waals surface area contributed by atoms with Crippen molar-refractivity contribution in [3.63, 3.8) is 0 Å². The van der Waals surface area contributed by atoms with Gasteiger partial charge in [0.15, 0.2) is 0 Å². The van der Waals surface area contributed by atoms with Gasteiger partial charge in [0.2, 0.25) is 5.95 Å². The average molecular weight is 231 g/mol. The fourth-order valence-corrected chi connectivity index (χ4v) is 1.62. The van der Waals surface area contributed by atoms with Gasteiger partial charge in [0.1, 0.15) is 5.75 Å². The average Bonchev–Trinajstić information content (AvgIpc) is 2.79. The van der Waals surface area contributed by atoms with E-state index < -0.39 is 0 Å². The second-order valence-electron chi connectivity index (χ2n) is 3.62. The molecule has 1 heterocycles. The molecule has 90 valence electrons. The first-order valence-electron chi connectivity index (χ1n) is 5.84. The summed E-state index contributed by atoms with van der Waals surface area (Å²) >= 11 is 0. The molecule has 0 amide bonds. The number of nitrogens with zero attached hydrogens (tertiary/aromatic N) is 2. The second-order valence-corrected chi connectivity index (χ2v) is 3.62. The maximum atomic E-state index is 5.39. The second kappa shape index (κ2) is 5.39. The number of rotatable bonds is 5. The maximum Gasteiger partial charge on any atom is 0.207 e. The van der Waals surface area contributed by atoms with Crippen molar-refractivity contribution in [1.29, 1.82) is 0 Å². The number of nitrogens with one attached hydrogen (secondary N) is 1. The van der Waals surface area contributed by atoms with Crippen LogP contribution in [0.1, 0.15) is 13.8 Å². The zero-order valence-corrected chi connectivity index (χ0v) is 10.2. The Kier molecular flexibility index (Phi) is 3.65. The number of imidazole rings is 1. The van der Waals surface area contributed by atoms with E-state index in [9.17, 15) is 0 Å². The molecule has 0 bridgehead atoms. The lowest BCUT2D eigenvalue weighted by atomic mass is 10.3. The number of aromatic nitrogens is 2. The van der Waals surface area contributed by atoms with Gasteiger partial charge in [0.25, 0.3) is 0 Å². The lowest BCUT2D eigenvalue weighted by Crippen LogP contribution is -2.01. The van der Waals surface area contributed by atoms with Crippen molar-refractivity contribution in [3.05, 3.63) is 36.7 Å². The Bertz CT molecular complexity index is 462.